The summed E-state index contributed by atoms with van der Waals surface area (Å²) in [7, 11) is 1.84. The molecule has 1 atom stereocenters. The normalized spacial score (nSPS) is 12.1. The zero-order valence-electron chi connectivity index (χ0n) is 13.8. The Hall–Kier alpha value is -2.90. The Bertz CT molecular complexity index is 714. The van der Waals surface area contributed by atoms with Crippen molar-refractivity contribution >= 4 is 23.6 Å². The highest BCUT2D eigenvalue weighted by atomic mass is 16.4. The highest BCUT2D eigenvalue weighted by molar-refractivity contribution is 5.88. The van der Waals surface area contributed by atoms with Gasteiger partial charge in [0, 0.05) is 19.3 Å². The second kappa shape index (κ2) is 8.81. The number of carboxylic acids is 1. The predicted octanol–water partition coefficient (Wildman–Crippen LogP) is 1.62. The lowest BCUT2D eigenvalue weighted by Crippen LogP contribution is -2.31. The third-order valence-corrected chi connectivity index (χ3v) is 3.57. The lowest BCUT2D eigenvalue weighted by atomic mass is 10.2. The molecule has 4 N–H and O–H groups in total. The molecule has 7 nitrogen and oxygen atoms in total. The smallest absolute Gasteiger partial charge is 0.335 e. The minimum atomic E-state index is -0.966. The van der Waals surface area contributed by atoms with Crippen molar-refractivity contribution in [2.24, 2.45) is 5.10 Å². The number of aliphatic hydroxyl groups is 2. The Kier molecular flexibility index (Phi) is 6.50. The largest absolute Gasteiger partial charge is 0.478 e. The average molecular weight is 343 g/mol. The van der Waals surface area contributed by atoms with E-state index in [0.29, 0.717) is 12.2 Å². The van der Waals surface area contributed by atoms with Gasteiger partial charge in [0.05, 0.1) is 30.2 Å². The zero-order valence-corrected chi connectivity index (χ0v) is 13.8. The molecular formula is C18H21N3O4. The topological polar surface area (TPSA) is 105 Å². The molecule has 0 saturated carbocycles. The van der Waals surface area contributed by atoms with Gasteiger partial charge in [0.1, 0.15) is 0 Å². The first-order valence-corrected chi connectivity index (χ1v) is 7.72. The molecule has 0 heterocycles. The van der Waals surface area contributed by atoms with Gasteiger partial charge < -0.3 is 20.2 Å². The van der Waals surface area contributed by atoms with E-state index in [-0.39, 0.29) is 12.2 Å². The van der Waals surface area contributed by atoms with Gasteiger partial charge in [-0.1, -0.05) is 12.1 Å². The lowest BCUT2D eigenvalue weighted by Gasteiger charge is -2.21. The quantitative estimate of drug-likeness (QED) is 0.429. The van der Waals surface area contributed by atoms with E-state index in [0.717, 1.165) is 11.3 Å². The third-order valence-electron chi connectivity index (χ3n) is 3.57. The molecule has 0 amide bonds. The molecule has 0 spiro atoms. The van der Waals surface area contributed by atoms with Crippen LogP contribution in [0.5, 0.6) is 0 Å². The van der Waals surface area contributed by atoms with Crippen LogP contribution in [0.15, 0.2) is 53.6 Å². The van der Waals surface area contributed by atoms with E-state index >= 15 is 0 Å². The number of anilines is 2. The molecule has 2 aromatic rings. The first-order chi connectivity index (χ1) is 12.0. The van der Waals surface area contributed by atoms with E-state index in [2.05, 4.69) is 10.5 Å². The van der Waals surface area contributed by atoms with Crippen molar-refractivity contribution in [1.82, 2.24) is 0 Å². The maximum atomic E-state index is 10.8. The van der Waals surface area contributed by atoms with Crippen LogP contribution in [0.2, 0.25) is 0 Å². The number of hydrogen-bond acceptors (Lipinski definition) is 6. The second-order valence-corrected chi connectivity index (χ2v) is 5.56. The standard InChI is InChI=1S/C18H21N3O4/c1-21(11-17(23)12-22)16-8-2-13(3-9-16)10-19-20-15-6-4-14(5-7-15)18(24)25/h2-10,17,20,22-23H,11-12H2,1H3,(H,24,25). The molecule has 0 radical (unpaired) electrons. The molecule has 0 aromatic heterocycles. The Morgan fingerprint density at radius 1 is 1.20 bits per heavy atom. The SMILES string of the molecule is CN(CC(O)CO)c1ccc(C=NNc2ccc(C(=O)O)cc2)cc1. The third kappa shape index (κ3) is 5.59. The fourth-order valence-electron chi connectivity index (χ4n) is 2.16. The van der Waals surface area contributed by atoms with Gasteiger partial charge in [-0.25, -0.2) is 4.79 Å². The summed E-state index contributed by atoms with van der Waals surface area (Å²) >= 11 is 0. The van der Waals surface area contributed by atoms with E-state index in [4.69, 9.17) is 10.2 Å². The van der Waals surface area contributed by atoms with Crippen LogP contribution >= 0.6 is 0 Å². The highest BCUT2D eigenvalue weighted by Gasteiger charge is 2.07. The van der Waals surface area contributed by atoms with Crippen LogP contribution in [0.25, 0.3) is 0 Å². The Balaban J connectivity index is 1.92. The van der Waals surface area contributed by atoms with E-state index in [1.165, 1.54) is 12.1 Å². The second-order valence-electron chi connectivity index (χ2n) is 5.56. The summed E-state index contributed by atoms with van der Waals surface area (Å²) < 4.78 is 0. The summed E-state index contributed by atoms with van der Waals surface area (Å²) in [6.07, 6.45) is 0.875. The summed E-state index contributed by atoms with van der Waals surface area (Å²) in [4.78, 5) is 12.6. The lowest BCUT2D eigenvalue weighted by molar-refractivity contribution is 0.0697. The van der Waals surface area contributed by atoms with Crippen molar-refractivity contribution < 1.29 is 20.1 Å². The molecular weight excluding hydrogens is 322 g/mol. The van der Waals surface area contributed by atoms with Crippen LogP contribution in [0.4, 0.5) is 11.4 Å². The number of carboxylic acid groups (broad SMARTS) is 1. The first kappa shape index (κ1) is 18.4. The van der Waals surface area contributed by atoms with Gasteiger partial charge in [-0.15, -0.1) is 0 Å². The van der Waals surface area contributed by atoms with E-state index in [9.17, 15) is 9.90 Å². The summed E-state index contributed by atoms with van der Waals surface area (Å²) in [5.41, 5.74) is 5.55. The molecule has 0 saturated heterocycles. The summed E-state index contributed by atoms with van der Waals surface area (Å²) in [6.45, 7) is 0.0754. The number of likely N-dealkylation sites (N-methyl/N-ethyl adjacent to an activating group) is 1. The van der Waals surface area contributed by atoms with Crippen LogP contribution in [-0.2, 0) is 0 Å². The molecule has 0 aliphatic rings. The van der Waals surface area contributed by atoms with Crippen molar-refractivity contribution in [1.29, 1.82) is 0 Å². The fraction of sp³-hybridized carbons (Fsp3) is 0.222. The van der Waals surface area contributed by atoms with E-state index < -0.39 is 12.1 Å². The van der Waals surface area contributed by atoms with Gasteiger partial charge >= 0.3 is 5.97 Å². The molecule has 0 bridgehead atoms. The summed E-state index contributed by atoms with van der Waals surface area (Å²) in [6, 6.07) is 13.9. The van der Waals surface area contributed by atoms with Gasteiger partial charge in [-0.3, -0.25) is 5.43 Å². The molecule has 7 heteroatoms. The number of aliphatic hydroxyl groups excluding tert-OH is 2. The molecule has 1 unspecified atom stereocenters. The Labute approximate surface area is 145 Å². The van der Waals surface area contributed by atoms with Gasteiger partial charge in [0.2, 0.25) is 0 Å². The van der Waals surface area contributed by atoms with Gasteiger partial charge in [0.25, 0.3) is 0 Å². The van der Waals surface area contributed by atoms with Crippen LogP contribution in [0.1, 0.15) is 15.9 Å². The molecule has 0 fully saturated rings. The number of nitrogens with zero attached hydrogens (tertiary/aromatic N) is 2. The Morgan fingerprint density at radius 3 is 2.40 bits per heavy atom. The van der Waals surface area contributed by atoms with Crippen molar-refractivity contribution in [3.63, 3.8) is 0 Å². The average Bonchev–Trinajstić information content (AvgIpc) is 2.62. The van der Waals surface area contributed by atoms with Gasteiger partial charge in [0.15, 0.2) is 0 Å². The number of carbonyl (C=O) groups is 1. The van der Waals surface area contributed by atoms with Crippen LogP contribution in [-0.4, -0.2) is 53.8 Å². The van der Waals surface area contributed by atoms with Crippen LogP contribution in [0.3, 0.4) is 0 Å². The molecule has 2 aromatic carbocycles. The maximum Gasteiger partial charge on any atom is 0.335 e. The monoisotopic (exact) mass is 343 g/mol. The van der Waals surface area contributed by atoms with E-state index in [1.54, 1.807) is 18.3 Å². The predicted molar refractivity (Wildman–Crippen MR) is 97.4 cm³/mol. The van der Waals surface area contributed by atoms with Crippen molar-refractivity contribution in [2.75, 3.05) is 30.5 Å². The number of hydrazone groups is 1. The van der Waals surface area contributed by atoms with Crippen molar-refractivity contribution in [3.05, 3.63) is 59.7 Å². The highest BCUT2D eigenvalue weighted by Crippen LogP contribution is 2.14. The van der Waals surface area contributed by atoms with Crippen LogP contribution < -0.4 is 10.3 Å². The van der Waals surface area contributed by atoms with Crippen molar-refractivity contribution in [3.8, 4) is 0 Å². The number of nitrogens with one attached hydrogen (secondary N) is 1. The minimum absolute atomic E-state index is 0.223. The van der Waals surface area contributed by atoms with E-state index in [1.807, 2.05) is 36.2 Å². The fourth-order valence-corrected chi connectivity index (χ4v) is 2.16. The zero-order chi connectivity index (χ0) is 18.2. The Morgan fingerprint density at radius 2 is 1.84 bits per heavy atom. The number of benzene rings is 2. The number of hydrogen-bond donors (Lipinski definition) is 4. The minimum Gasteiger partial charge on any atom is -0.478 e. The van der Waals surface area contributed by atoms with Gasteiger partial charge in [-0.05, 0) is 42.0 Å². The number of aromatic carboxylic acids is 1. The molecule has 0 aliphatic carbocycles. The van der Waals surface area contributed by atoms with Crippen molar-refractivity contribution in [2.45, 2.75) is 6.10 Å². The summed E-state index contributed by atoms with van der Waals surface area (Å²) in [5, 5.41) is 31.3. The first-order valence-electron chi connectivity index (χ1n) is 7.72. The molecule has 2 rings (SSSR count). The summed E-state index contributed by atoms with van der Waals surface area (Å²) in [5.74, 6) is -0.966. The maximum absolute atomic E-state index is 10.8. The molecule has 0 aliphatic heterocycles. The molecule has 25 heavy (non-hydrogen) atoms. The number of rotatable bonds is 8. The van der Waals surface area contributed by atoms with Crippen LogP contribution in [0, 0.1) is 0 Å². The molecule has 132 valence electrons. The van der Waals surface area contributed by atoms with Gasteiger partial charge in [-0.2, -0.15) is 5.10 Å².